The van der Waals surface area contributed by atoms with Crippen LogP contribution in [0.25, 0.3) is 10.9 Å². The van der Waals surface area contributed by atoms with Gasteiger partial charge in [0.15, 0.2) is 5.43 Å². The van der Waals surface area contributed by atoms with Gasteiger partial charge >= 0.3 is 0 Å². The van der Waals surface area contributed by atoms with Crippen molar-refractivity contribution in [1.29, 1.82) is 0 Å². The Bertz CT molecular complexity index is 723. The molecule has 1 aliphatic rings. The Labute approximate surface area is 123 Å². The van der Waals surface area contributed by atoms with Crippen molar-refractivity contribution in [2.45, 2.75) is 33.2 Å². The number of pyridine rings is 1. The quantitative estimate of drug-likeness (QED) is 0.869. The first-order chi connectivity index (χ1) is 10.0. The molecule has 1 saturated heterocycles. The average Bonchev–Trinajstić information content (AvgIpc) is 2.45. The molecule has 2 atom stereocenters. The van der Waals surface area contributed by atoms with Crippen molar-refractivity contribution in [2.75, 3.05) is 13.1 Å². The molecule has 2 N–H and O–H groups in total. The van der Waals surface area contributed by atoms with Gasteiger partial charge in [-0.15, -0.1) is 0 Å². The standard InChI is InChI=1S/C17H21FN2O/c1-11-4-3-7-20(9-11)10-15-12(2)19-16-6-5-13(18)8-14(16)17(15)21/h5-6,8,11H,3-4,7,9-10H2,1-2H3,(H,19,21)/p+1/t11-/m1/s1. The summed E-state index contributed by atoms with van der Waals surface area (Å²) in [4.78, 5) is 17.4. The molecule has 112 valence electrons. The number of aromatic amines is 1. The highest BCUT2D eigenvalue weighted by Crippen LogP contribution is 2.13. The zero-order valence-corrected chi connectivity index (χ0v) is 12.6. The van der Waals surface area contributed by atoms with Crippen LogP contribution in [0.4, 0.5) is 4.39 Å². The number of rotatable bonds is 2. The van der Waals surface area contributed by atoms with Gasteiger partial charge in [0, 0.05) is 22.5 Å². The number of benzene rings is 1. The summed E-state index contributed by atoms with van der Waals surface area (Å²) in [5.41, 5.74) is 2.40. The van der Waals surface area contributed by atoms with Crippen LogP contribution >= 0.6 is 0 Å². The van der Waals surface area contributed by atoms with E-state index in [9.17, 15) is 9.18 Å². The number of quaternary nitrogens is 1. The Morgan fingerprint density at radius 1 is 1.43 bits per heavy atom. The molecule has 3 rings (SSSR count). The molecule has 0 bridgehead atoms. The number of piperidine rings is 1. The first kappa shape index (κ1) is 14.3. The molecule has 21 heavy (non-hydrogen) atoms. The summed E-state index contributed by atoms with van der Waals surface area (Å²) < 4.78 is 13.4. The topological polar surface area (TPSA) is 37.3 Å². The van der Waals surface area contributed by atoms with E-state index in [0.29, 0.717) is 16.8 Å². The number of aryl methyl sites for hydroxylation is 1. The van der Waals surface area contributed by atoms with Crippen LogP contribution in [-0.4, -0.2) is 18.1 Å². The first-order valence-corrected chi connectivity index (χ1v) is 7.69. The monoisotopic (exact) mass is 289 g/mol. The summed E-state index contributed by atoms with van der Waals surface area (Å²) in [6.45, 7) is 7.17. The Hall–Kier alpha value is -1.68. The average molecular weight is 289 g/mol. The molecular weight excluding hydrogens is 267 g/mol. The number of aromatic nitrogens is 1. The number of H-pyrrole nitrogens is 1. The summed E-state index contributed by atoms with van der Waals surface area (Å²) in [5.74, 6) is 0.354. The van der Waals surface area contributed by atoms with Crippen molar-refractivity contribution >= 4 is 10.9 Å². The third-order valence-corrected chi connectivity index (χ3v) is 4.57. The van der Waals surface area contributed by atoms with Crippen molar-refractivity contribution in [3.05, 3.63) is 45.5 Å². The molecule has 4 heteroatoms. The highest BCUT2D eigenvalue weighted by atomic mass is 19.1. The first-order valence-electron chi connectivity index (χ1n) is 7.69. The second kappa shape index (κ2) is 5.60. The molecule has 2 heterocycles. The number of nitrogens with one attached hydrogen (secondary N) is 2. The lowest BCUT2D eigenvalue weighted by Gasteiger charge is -2.28. The van der Waals surface area contributed by atoms with Gasteiger partial charge in [-0.05, 0) is 38.0 Å². The van der Waals surface area contributed by atoms with Gasteiger partial charge in [0.25, 0.3) is 0 Å². The van der Waals surface area contributed by atoms with Gasteiger partial charge in [-0.1, -0.05) is 6.92 Å². The number of halogens is 1. The summed E-state index contributed by atoms with van der Waals surface area (Å²) >= 11 is 0. The molecule has 0 spiro atoms. The zero-order chi connectivity index (χ0) is 15.0. The van der Waals surface area contributed by atoms with Crippen LogP contribution in [0.5, 0.6) is 0 Å². The fourth-order valence-electron chi connectivity index (χ4n) is 3.44. The Kier molecular flexibility index (Phi) is 3.81. The van der Waals surface area contributed by atoms with E-state index in [1.807, 2.05) is 6.92 Å². The van der Waals surface area contributed by atoms with E-state index < -0.39 is 0 Å². The summed E-state index contributed by atoms with van der Waals surface area (Å²) in [6.07, 6.45) is 2.50. The largest absolute Gasteiger partial charge is 0.358 e. The van der Waals surface area contributed by atoms with E-state index in [2.05, 4.69) is 11.9 Å². The number of fused-ring (bicyclic) bond motifs is 1. The van der Waals surface area contributed by atoms with Crippen LogP contribution in [0.1, 0.15) is 31.0 Å². The third kappa shape index (κ3) is 2.86. The maximum absolute atomic E-state index is 13.4. The van der Waals surface area contributed by atoms with Crippen molar-refractivity contribution in [3.63, 3.8) is 0 Å². The summed E-state index contributed by atoms with van der Waals surface area (Å²) in [7, 11) is 0. The molecule has 1 unspecified atom stereocenters. The van der Waals surface area contributed by atoms with Crippen molar-refractivity contribution in [2.24, 2.45) is 5.92 Å². The van der Waals surface area contributed by atoms with E-state index in [0.717, 1.165) is 30.9 Å². The maximum Gasteiger partial charge on any atom is 0.198 e. The minimum Gasteiger partial charge on any atom is -0.358 e. The second-order valence-electron chi connectivity index (χ2n) is 6.38. The van der Waals surface area contributed by atoms with E-state index >= 15 is 0 Å². The van der Waals surface area contributed by atoms with Crippen LogP contribution < -0.4 is 10.3 Å². The lowest BCUT2D eigenvalue weighted by Crippen LogP contribution is -3.12. The lowest BCUT2D eigenvalue weighted by atomic mass is 9.99. The fraction of sp³-hybridized carbons (Fsp3) is 0.471. The Morgan fingerprint density at radius 3 is 3.00 bits per heavy atom. The molecular formula is C17H22FN2O+. The van der Waals surface area contributed by atoms with Crippen molar-refractivity contribution in [1.82, 2.24) is 4.98 Å². The molecule has 0 saturated carbocycles. The van der Waals surface area contributed by atoms with Crippen LogP contribution in [-0.2, 0) is 6.54 Å². The molecule has 2 aromatic rings. The van der Waals surface area contributed by atoms with Crippen LogP contribution in [0, 0.1) is 18.7 Å². The van der Waals surface area contributed by atoms with E-state index in [4.69, 9.17) is 0 Å². The van der Waals surface area contributed by atoms with Gasteiger partial charge in [-0.25, -0.2) is 4.39 Å². The van der Waals surface area contributed by atoms with E-state index in [1.165, 1.54) is 29.9 Å². The van der Waals surface area contributed by atoms with Crippen molar-refractivity contribution < 1.29 is 9.29 Å². The highest BCUT2D eigenvalue weighted by molar-refractivity contribution is 5.79. The molecule has 0 radical (unpaired) electrons. The highest BCUT2D eigenvalue weighted by Gasteiger charge is 2.22. The molecule has 0 aliphatic carbocycles. The molecule has 3 nitrogen and oxygen atoms in total. The van der Waals surface area contributed by atoms with Gasteiger partial charge in [0.05, 0.1) is 18.7 Å². The number of hydrogen-bond donors (Lipinski definition) is 2. The van der Waals surface area contributed by atoms with Gasteiger partial charge in [-0.3, -0.25) is 4.79 Å². The van der Waals surface area contributed by atoms with Crippen LogP contribution in [0.2, 0.25) is 0 Å². The molecule has 1 fully saturated rings. The SMILES string of the molecule is Cc1[nH]c2ccc(F)cc2c(=O)c1C[NH+]1CCC[C@@H](C)C1. The lowest BCUT2D eigenvalue weighted by molar-refractivity contribution is -0.922. The minimum atomic E-state index is -0.359. The second-order valence-corrected chi connectivity index (χ2v) is 6.38. The maximum atomic E-state index is 13.4. The van der Waals surface area contributed by atoms with Gasteiger partial charge in [0.1, 0.15) is 12.4 Å². The zero-order valence-electron chi connectivity index (χ0n) is 12.6. The fourth-order valence-corrected chi connectivity index (χ4v) is 3.44. The third-order valence-electron chi connectivity index (χ3n) is 4.57. The molecule has 1 aromatic carbocycles. The van der Waals surface area contributed by atoms with Crippen LogP contribution in [0.3, 0.4) is 0 Å². The smallest absolute Gasteiger partial charge is 0.198 e. The van der Waals surface area contributed by atoms with E-state index in [-0.39, 0.29) is 11.2 Å². The van der Waals surface area contributed by atoms with Gasteiger partial charge in [-0.2, -0.15) is 0 Å². The van der Waals surface area contributed by atoms with Gasteiger partial charge < -0.3 is 9.88 Å². The van der Waals surface area contributed by atoms with Crippen LogP contribution in [0.15, 0.2) is 23.0 Å². The Morgan fingerprint density at radius 2 is 2.24 bits per heavy atom. The molecule has 1 aromatic heterocycles. The number of hydrogen-bond acceptors (Lipinski definition) is 1. The van der Waals surface area contributed by atoms with Gasteiger partial charge in [0.2, 0.25) is 0 Å². The predicted octanol–water partition coefficient (Wildman–Crippen LogP) is 1.79. The predicted molar refractivity (Wildman–Crippen MR) is 82.1 cm³/mol. The molecule has 1 aliphatic heterocycles. The Balaban J connectivity index is 2.00. The normalized spacial score (nSPS) is 22.6. The number of likely N-dealkylation sites (tertiary alicyclic amines) is 1. The summed E-state index contributed by atoms with van der Waals surface area (Å²) in [5, 5.41) is 0.458. The minimum absolute atomic E-state index is 0.0218. The van der Waals surface area contributed by atoms with Crippen molar-refractivity contribution in [3.8, 4) is 0 Å². The van der Waals surface area contributed by atoms with E-state index in [1.54, 1.807) is 6.07 Å². The summed E-state index contributed by atoms with van der Waals surface area (Å²) in [6, 6.07) is 4.36. The molecule has 0 amide bonds.